The minimum absolute atomic E-state index is 0.152. The third-order valence-electron chi connectivity index (χ3n) is 2.26. The van der Waals surface area contributed by atoms with Gasteiger partial charge in [-0.1, -0.05) is 6.07 Å². The summed E-state index contributed by atoms with van der Waals surface area (Å²) in [6.07, 6.45) is 0. The Morgan fingerprint density at radius 1 is 1.53 bits per heavy atom. The smallest absolute Gasteiger partial charge is 0.247 e. The number of benzene rings is 1. The van der Waals surface area contributed by atoms with E-state index in [0.717, 1.165) is 0 Å². The lowest BCUT2D eigenvalue weighted by Gasteiger charge is -2.21. The topological polar surface area (TPSA) is 58.2 Å². The predicted octanol–water partition coefficient (Wildman–Crippen LogP) is 0.996. The van der Waals surface area contributed by atoms with Crippen molar-refractivity contribution in [2.24, 2.45) is 0 Å². The fourth-order valence-corrected chi connectivity index (χ4v) is 2.34. The van der Waals surface area contributed by atoms with Crippen LogP contribution < -0.4 is 10.6 Å². The molecule has 1 fully saturated rings. The van der Waals surface area contributed by atoms with Crippen LogP contribution >= 0.6 is 11.8 Å². The second-order valence-electron chi connectivity index (χ2n) is 3.63. The van der Waals surface area contributed by atoms with E-state index in [1.54, 1.807) is 6.07 Å². The maximum absolute atomic E-state index is 12.9. The van der Waals surface area contributed by atoms with Gasteiger partial charge in [0.25, 0.3) is 0 Å². The van der Waals surface area contributed by atoms with Gasteiger partial charge in [-0.2, -0.15) is 0 Å². The number of anilines is 1. The highest BCUT2D eigenvalue weighted by Crippen LogP contribution is 2.13. The minimum atomic E-state index is -0.551. The van der Waals surface area contributed by atoms with E-state index in [4.69, 9.17) is 0 Å². The van der Waals surface area contributed by atoms with E-state index in [-0.39, 0.29) is 11.8 Å². The molecule has 0 spiro atoms. The molecule has 0 aromatic heterocycles. The van der Waals surface area contributed by atoms with Crippen molar-refractivity contribution in [1.82, 2.24) is 5.32 Å². The van der Waals surface area contributed by atoms with Crippen LogP contribution in [-0.4, -0.2) is 29.4 Å². The maximum atomic E-state index is 12.9. The van der Waals surface area contributed by atoms with Crippen molar-refractivity contribution >= 4 is 29.3 Å². The summed E-state index contributed by atoms with van der Waals surface area (Å²) in [5.41, 5.74) is 0.389. The largest absolute Gasteiger partial charge is 0.343 e. The Kier molecular flexibility index (Phi) is 3.63. The molecule has 0 radical (unpaired) electrons. The summed E-state index contributed by atoms with van der Waals surface area (Å²) >= 11 is 1.41. The number of amides is 2. The van der Waals surface area contributed by atoms with E-state index in [2.05, 4.69) is 10.6 Å². The molecule has 1 aliphatic heterocycles. The summed E-state index contributed by atoms with van der Waals surface area (Å²) in [6.45, 7) is 0. The molecule has 1 aliphatic rings. The first kappa shape index (κ1) is 11.9. The lowest BCUT2D eigenvalue weighted by molar-refractivity contribution is -0.124. The molecule has 0 aliphatic carbocycles. The molecule has 2 N–H and O–H groups in total. The third-order valence-corrected chi connectivity index (χ3v) is 3.30. The molecular formula is C11H11FN2O2S. The van der Waals surface area contributed by atoms with E-state index in [1.165, 1.54) is 30.0 Å². The Labute approximate surface area is 102 Å². The van der Waals surface area contributed by atoms with Crippen molar-refractivity contribution in [2.75, 3.05) is 16.8 Å². The van der Waals surface area contributed by atoms with Crippen molar-refractivity contribution in [1.29, 1.82) is 0 Å². The van der Waals surface area contributed by atoms with Crippen LogP contribution in [0.2, 0.25) is 0 Å². The standard InChI is InChI=1S/C11H11FN2O2S/c12-7-2-1-3-8(4-7)13-11(16)9-5-17-6-10(15)14-9/h1-4,9H,5-6H2,(H,13,16)(H,14,15). The molecule has 1 heterocycles. The quantitative estimate of drug-likeness (QED) is 0.827. The van der Waals surface area contributed by atoms with Gasteiger partial charge in [0.05, 0.1) is 5.75 Å². The highest BCUT2D eigenvalue weighted by molar-refractivity contribution is 8.00. The Morgan fingerprint density at radius 3 is 3.06 bits per heavy atom. The van der Waals surface area contributed by atoms with Crippen molar-refractivity contribution in [3.63, 3.8) is 0 Å². The zero-order valence-electron chi connectivity index (χ0n) is 8.90. The van der Waals surface area contributed by atoms with E-state index in [1.807, 2.05) is 0 Å². The van der Waals surface area contributed by atoms with Crippen LogP contribution in [0.25, 0.3) is 0 Å². The number of nitrogens with one attached hydrogen (secondary N) is 2. The Balaban J connectivity index is 1.99. The van der Waals surface area contributed by atoms with Gasteiger partial charge in [-0.3, -0.25) is 9.59 Å². The molecule has 6 heteroatoms. The van der Waals surface area contributed by atoms with Crippen LogP contribution in [0.1, 0.15) is 0 Å². The molecule has 2 rings (SSSR count). The molecule has 0 bridgehead atoms. The molecular weight excluding hydrogens is 243 g/mol. The number of hydrogen-bond donors (Lipinski definition) is 2. The summed E-state index contributed by atoms with van der Waals surface area (Å²) in [5, 5.41) is 5.15. The summed E-state index contributed by atoms with van der Waals surface area (Å²) < 4.78 is 12.9. The highest BCUT2D eigenvalue weighted by atomic mass is 32.2. The normalized spacial score (nSPS) is 19.6. The number of hydrogen-bond acceptors (Lipinski definition) is 3. The van der Waals surface area contributed by atoms with Gasteiger partial charge in [-0.25, -0.2) is 4.39 Å². The molecule has 1 saturated heterocycles. The van der Waals surface area contributed by atoms with Gasteiger partial charge in [0.15, 0.2) is 0 Å². The van der Waals surface area contributed by atoms with Gasteiger partial charge >= 0.3 is 0 Å². The Hall–Kier alpha value is -1.56. The lowest BCUT2D eigenvalue weighted by atomic mass is 10.2. The first-order chi connectivity index (χ1) is 8.15. The SMILES string of the molecule is O=C1CSCC(C(=O)Nc2cccc(F)c2)N1. The van der Waals surface area contributed by atoms with Gasteiger partial charge in [-0.15, -0.1) is 11.8 Å². The minimum Gasteiger partial charge on any atom is -0.343 e. The molecule has 2 amide bonds. The number of rotatable bonds is 2. The molecule has 4 nitrogen and oxygen atoms in total. The van der Waals surface area contributed by atoms with Crippen LogP contribution in [0.3, 0.4) is 0 Å². The monoisotopic (exact) mass is 254 g/mol. The summed E-state index contributed by atoms with van der Waals surface area (Å²) in [7, 11) is 0. The summed E-state index contributed by atoms with van der Waals surface area (Å²) in [6, 6.07) is 5.09. The van der Waals surface area contributed by atoms with E-state index >= 15 is 0 Å². The number of thioether (sulfide) groups is 1. The fourth-order valence-electron chi connectivity index (χ4n) is 1.48. The molecule has 1 unspecified atom stereocenters. The average molecular weight is 254 g/mol. The lowest BCUT2D eigenvalue weighted by Crippen LogP contribution is -2.49. The highest BCUT2D eigenvalue weighted by Gasteiger charge is 2.24. The van der Waals surface area contributed by atoms with Crippen molar-refractivity contribution in [2.45, 2.75) is 6.04 Å². The van der Waals surface area contributed by atoms with E-state index in [9.17, 15) is 14.0 Å². The van der Waals surface area contributed by atoms with Crippen molar-refractivity contribution in [3.8, 4) is 0 Å². The fraction of sp³-hybridized carbons (Fsp3) is 0.273. The van der Waals surface area contributed by atoms with E-state index < -0.39 is 11.9 Å². The molecule has 17 heavy (non-hydrogen) atoms. The molecule has 1 atom stereocenters. The van der Waals surface area contributed by atoms with Crippen LogP contribution in [0.5, 0.6) is 0 Å². The van der Waals surface area contributed by atoms with Crippen LogP contribution in [-0.2, 0) is 9.59 Å². The average Bonchev–Trinajstić information content (AvgIpc) is 2.29. The van der Waals surface area contributed by atoms with Gasteiger partial charge in [-0.05, 0) is 18.2 Å². The Morgan fingerprint density at radius 2 is 2.35 bits per heavy atom. The van der Waals surface area contributed by atoms with E-state index in [0.29, 0.717) is 17.2 Å². The Bertz CT molecular complexity index is 453. The summed E-state index contributed by atoms with van der Waals surface area (Å²) in [5.74, 6) is 0.0260. The summed E-state index contributed by atoms with van der Waals surface area (Å²) in [4.78, 5) is 22.9. The predicted molar refractivity (Wildman–Crippen MR) is 64.3 cm³/mol. The zero-order valence-corrected chi connectivity index (χ0v) is 9.72. The van der Waals surface area contributed by atoms with Crippen LogP contribution in [0.4, 0.5) is 10.1 Å². The van der Waals surface area contributed by atoms with Gasteiger partial charge in [0, 0.05) is 11.4 Å². The first-order valence-corrected chi connectivity index (χ1v) is 6.24. The molecule has 0 saturated carbocycles. The molecule has 1 aromatic rings. The first-order valence-electron chi connectivity index (χ1n) is 5.09. The number of halogens is 1. The molecule has 90 valence electrons. The van der Waals surface area contributed by atoms with Gasteiger partial charge in [0.2, 0.25) is 11.8 Å². The van der Waals surface area contributed by atoms with Crippen molar-refractivity contribution < 1.29 is 14.0 Å². The zero-order chi connectivity index (χ0) is 12.3. The number of carbonyl (C=O) groups excluding carboxylic acids is 2. The van der Waals surface area contributed by atoms with Crippen molar-refractivity contribution in [3.05, 3.63) is 30.1 Å². The third kappa shape index (κ3) is 3.20. The second kappa shape index (κ2) is 5.18. The van der Waals surface area contributed by atoms with Gasteiger partial charge in [0.1, 0.15) is 11.9 Å². The number of carbonyl (C=O) groups is 2. The van der Waals surface area contributed by atoms with Gasteiger partial charge < -0.3 is 10.6 Å². The van der Waals surface area contributed by atoms with Crippen LogP contribution in [0.15, 0.2) is 24.3 Å². The van der Waals surface area contributed by atoms with Crippen LogP contribution in [0, 0.1) is 5.82 Å². The maximum Gasteiger partial charge on any atom is 0.247 e. The second-order valence-corrected chi connectivity index (χ2v) is 4.67. The molecule has 1 aromatic carbocycles.